The highest BCUT2D eigenvalue weighted by Crippen LogP contribution is 2.64. The van der Waals surface area contributed by atoms with E-state index in [9.17, 15) is 8.78 Å². The fourth-order valence-corrected chi connectivity index (χ4v) is 2.82. The summed E-state index contributed by atoms with van der Waals surface area (Å²) in [6.07, 6.45) is 5.00. The van der Waals surface area contributed by atoms with Gasteiger partial charge in [0.05, 0.1) is 0 Å². The van der Waals surface area contributed by atoms with Crippen LogP contribution in [0.2, 0.25) is 0 Å². The highest BCUT2D eigenvalue weighted by Gasteiger charge is 2.67. The van der Waals surface area contributed by atoms with Crippen LogP contribution in [0, 0.1) is 11.3 Å². The highest BCUT2D eigenvalue weighted by atomic mass is 19.3. The lowest BCUT2D eigenvalue weighted by molar-refractivity contribution is 0.0568. The third kappa shape index (κ3) is 1.79. The molecule has 3 unspecified atom stereocenters. The summed E-state index contributed by atoms with van der Waals surface area (Å²) in [5.74, 6) is -1.95. The van der Waals surface area contributed by atoms with Crippen molar-refractivity contribution in [1.29, 1.82) is 0 Å². The molecule has 0 amide bonds. The maximum atomic E-state index is 13.0. The first-order valence-electron chi connectivity index (χ1n) is 5.56. The van der Waals surface area contributed by atoms with Gasteiger partial charge in [0.2, 0.25) is 0 Å². The SMILES string of the molecule is CC1(CC2CCCC(N)C2)CC1(F)F. The van der Waals surface area contributed by atoms with E-state index in [0.29, 0.717) is 12.3 Å². The quantitative estimate of drug-likeness (QED) is 0.733. The van der Waals surface area contributed by atoms with Gasteiger partial charge in [-0.3, -0.25) is 0 Å². The number of alkyl halides is 2. The van der Waals surface area contributed by atoms with Gasteiger partial charge in [-0.15, -0.1) is 0 Å². The summed E-state index contributed by atoms with van der Waals surface area (Å²) < 4.78 is 26.0. The molecule has 0 aromatic carbocycles. The Hall–Kier alpha value is -0.180. The lowest BCUT2D eigenvalue weighted by Gasteiger charge is -2.28. The van der Waals surface area contributed by atoms with E-state index in [1.807, 2.05) is 0 Å². The van der Waals surface area contributed by atoms with Gasteiger partial charge >= 0.3 is 0 Å². The molecule has 3 heteroatoms. The predicted molar refractivity (Wildman–Crippen MR) is 52.2 cm³/mol. The van der Waals surface area contributed by atoms with Crippen LogP contribution in [0.15, 0.2) is 0 Å². The zero-order chi connectivity index (χ0) is 10.4. The van der Waals surface area contributed by atoms with Crippen molar-refractivity contribution >= 4 is 0 Å². The van der Waals surface area contributed by atoms with Crippen LogP contribution in [0.5, 0.6) is 0 Å². The lowest BCUT2D eigenvalue weighted by Crippen LogP contribution is -2.29. The van der Waals surface area contributed by atoms with Crippen LogP contribution in [0.3, 0.4) is 0 Å². The normalized spacial score (nSPS) is 46.3. The van der Waals surface area contributed by atoms with Crippen molar-refractivity contribution < 1.29 is 8.78 Å². The molecule has 2 aliphatic carbocycles. The number of hydrogen-bond donors (Lipinski definition) is 1. The van der Waals surface area contributed by atoms with E-state index < -0.39 is 11.3 Å². The molecule has 14 heavy (non-hydrogen) atoms. The first kappa shape index (κ1) is 10.3. The molecular formula is C11H19F2N. The summed E-state index contributed by atoms with van der Waals surface area (Å²) in [6, 6.07) is 0.254. The Balaban J connectivity index is 1.86. The largest absolute Gasteiger partial charge is 0.328 e. The van der Waals surface area contributed by atoms with Crippen molar-refractivity contribution in [3.63, 3.8) is 0 Å². The van der Waals surface area contributed by atoms with Crippen LogP contribution in [-0.4, -0.2) is 12.0 Å². The fraction of sp³-hybridized carbons (Fsp3) is 1.00. The summed E-state index contributed by atoms with van der Waals surface area (Å²) in [4.78, 5) is 0. The Morgan fingerprint density at radius 2 is 2.00 bits per heavy atom. The Morgan fingerprint density at radius 3 is 2.50 bits per heavy atom. The average molecular weight is 203 g/mol. The molecule has 82 valence electrons. The zero-order valence-corrected chi connectivity index (χ0v) is 8.73. The van der Waals surface area contributed by atoms with Crippen molar-refractivity contribution in [2.75, 3.05) is 0 Å². The molecule has 2 aliphatic rings. The van der Waals surface area contributed by atoms with Gasteiger partial charge in [-0.05, 0) is 25.2 Å². The third-order valence-electron chi connectivity index (χ3n) is 3.93. The Morgan fingerprint density at radius 1 is 1.36 bits per heavy atom. The molecule has 1 nitrogen and oxygen atoms in total. The summed E-state index contributed by atoms with van der Waals surface area (Å²) in [5.41, 5.74) is 5.14. The minimum Gasteiger partial charge on any atom is -0.328 e. The lowest BCUT2D eigenvalue weighted by atomic mass is 9.80. The Kier molecular flexibility index (Phi) is 2.33. The summed E-state index contributed by atoms with van der Waals surface area (Å²) in [6.45, 7) is 1.72. The predicted octanol–water partition coefficient (Wildman–Crippen LogP) is 2.94. The van der Waals surface area contributed by atoms with Crippen molar-refractivity contribution in [2.24, 2.45) is 17.1 Å². The second kappa shape index (κ2) is 3.16. The number of halogens is 2. The van der Waals surface area contributed by atoms with Gasteiger partial charge in [-0.25, -0.2) is 8.78 Å². The van der Waals surface area contributed by atoms with Crippen LogP contribution < -0.4 is 5.73 Å². The monoisotopic (exact) mass is 203 g/mol. The minimum absolute atomic E-state index is 0.0890. The third-order valence-corrected chi connectivity index (χ3v) is 3.93. The highest BCUT2D eigenvalue weighted by molar-refractivity contribution is 5.07. The molecule has 0 aliphatic heterocycles. The summed E-state index contributed by atoms with van der Waals surface area (Å²) in [7, 11) is 0. The van der Waals surface area contributed by atoms with Crippen molar-refractivity contribution in [2.45, 2.75) is 57.4 Å². The average Bonchev–Trinajstić information content (AvgIpc) is 2.49. The van der Waals surface area contributed by atoms with Crippen LogP contribution in [0.25, 0.3) is 0 Å². The molecule has 0 bridgehead atoms. The van der Waals surface area contributed by atoms with E-state index in [1.54, 1.807) is 6.92 Å². The Labute approximate surface area is 84.0 Å². The summed E-state index contributed by atoms with van der Waals surface area (Å²) in [5, 5.41) is 0. The second-order valence-electron chi connectivity index (χ2n) is 5.44. The smallest absolute Gasteiger partial charge is 0.254 e. The van der Waals surface area contributed by atoms with Gasteiger partial charge in [0.15, 0.2) is 0 Å². The fourth-order valence-electron chi connectivity index (χ4n) is 2.82. The Bertz CT molecular complexity index is 229. The maximum Gasteiger partial charge on any atom is 0.254 e. The molecule has 0 aromatic heterocycles. The molecular weight excluding hydrogens is 184 g/mol. The number of hydrogen-bond acceptors (Lipinski definition) is 1. The van der Waals surface area contributed by atoms with Gasteiger partial charge in [0.25, 0.3) is 5.92 Å². The van der Waals surface area contributed by atoms with Gasteiger partial charge in [-0.2, -0.15) is 0 Å². The van der Waals surface area contributed by atoms with Crippen LogP contribution in [0.1, 0.15) is 45.4 Å². The van der Waals surface area contributed by atoms with E-state index >= 15 is 0 Å². The zero-order valence-electron chi connectivity index (χ0n) is 8.73. The summed E-state index contributed by atoms with van der Waals surface area (Å²) >= 11 is 0. The van der Waals surface area contributed by atoms with E-state index in [1.165, 1.54) is 0 Å². The van der Waals surface area contributed by atoms with Gasteiger partial charge in [0.1, 0.15) is 0 Å². The van der Waals surface area contributed by atoms with Crippen LogP contribution in [0.4, 0.5) is 8.78 Å². The molecule has 0 spiro atoms. The standard InChI is InChI=1S/C11H19F2N/c1-10(7-11(10,12)13)6-8-3-2-4-9(14)5-8/h8-9H,2-7,14H2,1H3. The molecule has 2 saturated carbocycles. The minimum atomic E-state index is -2.39. The van der Waals surface area contributed by atoms with E-state index in [4.69, 9.17) is 5.73 Å². The van der Waals surface area contributed by atoms with Gasteiger partial charge in [0, 0.05) is 17.9 Å². The number of rotatable bonds is 2. The van der Waals surface area contributed by atoms with E-state index in [0.717, 1.165) is 25.7 Å². The van der Waals surface area contributed by atoms with Crippen molar-refractivity contribution in [3.8, 4) is 0 Å². The van der Waals surface area contributed by atoms with Crippen molar-refractivity contribution in [1.82, 2.24) is 0 Å². The molecule has 2 rings (SSSR count). The number of nitrogens with two attached hydrogens (primary N) is 1. The first-order chi connectivity index (χ1) is 6.43. The maximum absolute atomic E-state index is 13.0. The van der Waals surface area contributed by atoms with Gasteiger partial charge < -0.3 is 5.73 Å². The van der Waals surface area contributed by atoms with E-state index in [-0.39, 0.29) is 12.5 Å². The molecule has 0 heterocycles. The molecule has 0 radical (unpaired) electrons. The second-order valence-corrected chi connectivity index (χ2v) is 5.44. The van der Waals surface area contributed by atoms with Crippen LogP contribution >= 0.6 is 0 Å². The molecule has 0 saturated heterocycles. The molecule has 2 fully saturated rings. The molecule has 0 aromatic rings. The van der Waals surface area contributed by atoms with Gasteiger partial charge in [-0.1, -0.05) is 19.8 Å². The molecule has 3 atom stereocenters. The first-order valence-corrected chi connectivity index (χ1v) is 5.56. The van der Waals surface area contributed by atoms with Crippen molar-refractivity contribution in [3.05, 3.63) is 0 Å². The van der Waals surface area contributed by atoms with Crippen LogP contribution in [-0.2, 0) is 0 Å². The molecule has 2 N–H and O–H groups in total. The van der Waals surface area contributed by atoms with E-state index in [2.05, 4.69) is 0 Å². The topological polar surface area (TPSA) is 26.0 Å².